The normalized spacial score (nSPS) is 11.1. The molecule has 0 bridgehead atoms. The molecule has 0 radical (unpaired) electrons. The van der Waals surface area contributed by atoms with Crippen molar-refractivity contribution in [3.05, 3.63) is 64.7 Å². The molecule has 0 spiro atoms. The number of carbonyl (C=O) groups excluding carboxylic acids is 1. The summed E-state index contributed by atoms with van der Waals surface area (Å²) in [6, 6.07) is 10.3. The molecule has 0 heterocycles. The number of carbonyl (C=O) groups is 2. The lowest BCUT2D eigenvalue weighted by Gasteiger charge is -2.10. The van der Waals surface area contributed by atoms with Crippen LogP contribution in [0.5, 0.6) is 0 Å². The zero-order chi connectivity index (χ0) is 17.9. The molecule has 0 aliphatic rings. The van der Waals surface area contributed by atoms with Gasteiger partial charge in [-0.2, -0.15) is 0 Å². The Hall–Kier alpha value is -2.71. The van der Waals surface area contributed by atoms with Crippen molar-refractivity contribution in [2.45, 2.75) is 18.7 Å². The van der Waals surface area contributed by atoms with Crippen molar-refractivity contribution in [3.63, 3.8) is 0 Å². The SMILES string of the molecule is Cc1ccc(C(=O)NNS(=O)(=O)c2ccc(C)c(C(=O)O)c2)cc1. The molecular weight excluding hydrogens is 332 g/mol. The molecule has 2 aromatic carbocycles. The van der Waals surface area contributed by atoms with Crippen LogP contribution in [0.3, 0.4) is 0 Å². The molecule has 0 aliphatic carbocycles. The highest BCUT2D eigenvalue weighted by atomic mass is 32.2. The molecular formula is C16H16N2O5S. The van der Waals surface area contributed by atoms with Crippen LogP contribution in [0.1, 0.15) is 31.8 Å². The smallest absolute Gasteiger partial charge is 0.335 e. The molecule has 24 heavy (non-hydrogen) atoms. The van der Waals surface area contributed by atoms with E-state index in [2.05, 4.69) is 5.43 Å². The molecule has 0 saturated carbocycles. The monoisotopic (exact) mass is 348 g/mol. The van der Waals surface area contributed by atoms with Crippen LogP contribution in [-0.2, 0) is 10.0 Å². The van der Waals surface area contributed by atoms with Crippen LogP contribution in [-0.4, -0.2) is 25.4 Å². The first-order valence-electron chi connectivity index (χ1n) is 6.93. The Morgan fingerprint density at radius 2 is 1.62 bits per heavy atom. The highest BCUT2D eigenvalue weighted by Crippen LogP contribution is 2.15. The van der Waals surface area contributed by atoms with Gasteiger partial charge in [0.2, 0.25) is 0 Å². The molecule has 0 aromatic heterocycles. The number of hydrogen-bond donors (Lipinski definition) is 3. The number of aryl methyl sites for hydroxylation is 2. The first-order valence-corrected chi connectivity index (χ1v) is 8.42. The van der Waals surface area contributed by atoms with E-state index in [0.717, 1.165) is 11.6 Å². The molecule has 0 fully saturated rings. The van der Waals surface area contributed by atoms with Gasteiger partial charge in [0.05, 0.1) is 10.5 Å². The summed E-state index contributed by atoms with van der Waals surface area (Å²) in [4.78, 5) is 24.7. The quantitative estimate of drug-likeness (QED) is 0.711. The molecule has 1 amide bonds. The van der Waals surface area contributed by atoms with Crippen LogP contribution in [0.15, 0.2) is 47.4 Å². The number of sulfonamides is 1. The summed E-state index contributed by atoms with van der Waals surface area (Å²) in [7, 11) is -4.09. The third-order valence-electron chi connectivity index (χ3n) is 3.36. The maximum absolute atomic E-state index is 12.2. The van der Waals surface area contributed by atoms with E-state index < -0.39 is 21.9 Å². The zero-order valence-corrected chi connectivity index (χ0v) is 13.8. The number of aromatic carboxylic acids is 1. The van der Waals surface area contributed by atoms with Crippen molar-refractivity contribution in [2.24, 2.45) is 0 Å². The summed E-state index contributed by atoms with van der Waals surface area (Å²) < 4.78 is 24.4. The Balaban J connectivity index is 2.17. The molecule has 126 valence electrons. The summed E-state index contributed by atoms with van der Waals surface area (Å²) in [5.41, 5.74) is 3.66. The number of carboxylic acid groups (broad SMARTS) is 1. The van der Waals surface area contributed by atoms with Crippen LogP contribution in [0.2, 0.25) is 0 Å². The zero-order valence-electron chi connectivity index (χ0n) is 13.0. The van der Waals surface area contributed by atoms with Crippen LogP contribution >= 0.6 is 0 Å². The first-order chi connectivity index (χ1) is 11.2. The van der Waals surface area contributed by atoms with Crippen molar-refractivity contribution in [2.75, 3.05) is 0 Å². The molecule has 8 heteroatoms. The number of carboxylic acids is 1. The Morgan fingerprint density at radius 1 is 1.00 bits per heavy atom. The third-order valence-corrected chi connectivity index (χ3v) is 4.61. The minimum absolute atomic E-state index is 0.122. The van der Waals surface area contributed by atoms with Crippen molar-refractivity contribution in [1.29, 1.82) is 0 Å². The van der Waals surface area contributed by atoms with Crippen LogP contribution in [0.4, 0.5) is 0 Å². The number of hydrogen-bond acceptors (Lipinski definition) is 4. The maximum Gasteiger partial charge on any atom is 0.335 e. The van der Waals surface area contributed by atoms with Crippen molar-refractivity contribution in [3.8, 4) is 0 Å². The summed E-state index contributed by atoms with van der Waals surface area (Å²) in [5, 5.41) is 9.06. The third kappa shape index (κ3) is 3.98. The van der Waals surface area contributed by atoms with E-state index in [4.69, 9.17) is 5.11 Å². The van der Waals surface area contributed by atoms with Gasteiger partial charge in [0.15, 0.2) is 0 Å². The second kappa shape index (κ2) is 6.81. The van der Waals surface area contributed by atoms with Gasteiger partial charge >= 0.3 is 5.97 Å². The summed E-state index contributed by atoms with van der Waals surface area (Å²) in [6.45, 7) is 3.42. The Kier molecular flexibility index (Phi) is 5.01. The Morgan fingerprint density at radius 3 is 2.21 bits per heavy atom. The number of amides is 1. The predicted octanol–water partition coefficient (Wildman–Crippen LogP) is 1.62. The van der Waals surface area contributed by atoms with E-state index in [9.17, 15) is 18.0 Å². The summed E-state index contributed by atoms with van der Waals surface area (Å²) in [6.07, 6.45) is 0. The minimum Gasteiger partial charge on any atom is -0.478 e. The second-order valence-corrected chi connectivity index (χ2v) is 6.89. The molecule has 0 aliphatic heterocycles. The van der Waals surface area contributed by atoms with E-state index in [0.29, 0.717) is 11.1 Å². The number of nitrogens with one attached hydrogen (secondary N) is 2. The van der Waals surface area contributed by atoms with Gasteiger partial charge < -0.3 is 5.11 Å². The molecule has 0 saturated heterocycles. The fraction of sp³-hybridized carbons (Fsp3) is 0.125. The van der Waals surface area contributed by atoms with Gasteiger partial charge in [-0.05, 0) is 43.7 Å². The molecule has 2 rings (SSSR count). The highest BCUT2D eigenvalue weighted by Gasteiger charge is 2.18. The fourth-order valence-electron chi connectivity index (χ4n) is 1.95. The molecule has 0 atom stereocenters. The van der Waals surface area contributed by atoms with Crippen LogP contribution in [0.25, 0.3) is 0 Å². The lowest BCUT2D eigenvalue weighted by molar-refractivity contribution is 0.0695. The molecule has 7 nitrogen and oxygen atoms in total. The van der Waals surface area contributed by atoms with E-state index in [1.165, 1.54) is 12.1 Å². The Bertz CT molecular complexity index is 889. The standard InChI is InChI=1S/C16H16N2O5S/c1-10-3-6-12(7-4-10)15(19)17-18-24(22,23)13-8-5-11(2)14(9-13)16(20)21/h3-9,18H,1-2H3,(H,17,19)(H,20,21). The van der Waals surface area contributed by atoms with Gasteiger partial charge in [0.1, 0.15) is 0 Å². The largest absolute Gasteiger partial charge is 0.478 e. The number of hydrazine groups is 1. The van der Waals surface area contributed by atoms with Gasteiger partial charge in [-0.1, -0.05) is 23.8 Å². The van der Waals surface area contributed by atoms with Crippen molar-refractivity contribution < 1.29 is 23.1 Å². The average molecular weight is 348 g/mol. The summed E-state index contributed by atoms with van der Waals surface area (Å²) in [5.74, 6) is -1.85. The Labute approximate surface area is 139 Å². The molecule has 3 N–H and O–H groups in total. The van der Waals surface area contributed by atoms with E-state index in [1.54, 1.807) is 31.2 Å². The van der Waals surface area contributed by atoms with Gasteiger partial charge in [0, 0.05) is 5.56 Å². The number of benzene rings is 2. The lowest BCUT2D eigenvalue weighted by atomic mass is 10.1. The predicted molar refractivity (Wildman–Crippen MR) is 87.1 cm³/mol. The van der Waals surface area contributed by atoms with Gasteiger partial charge in [-0.15, -0.1) is 4.83 Å². The average Bonchev–Trinajstić information content (AvgIpc) is 2.53. The van der Waals surface area contributed by atoms with Gasteiger partial charge in [-0.25, -0.2) is 13.2 Å². The van der Waals surface area contributed by atoms with E-state index >= 15 is 0 Å². The molecule has 2 aromatic rings. The summed E-state index contributed by atoms with van der Waals surface area (Å²) >= 11 is 0. The maximum atomic E-state index is 12.2. The highest BCUT2D eigenvalue weighted by molar-refractivity contribution is 7.89. The van der Waals surface area contributed by atoms with Crippen LogP contribution < -0.4 is 10.3 Å². The van der Waals surface area contributed by atoms with E-state index in [-0.39, 0.29) is 10.5 Å². The van der Waals surface area contributed by atoms with Gasteiger partial charge in [-0.3, -0.25) is 10.2 Å². The minimum atomic E-state index is -4.09. The first kappa shape index (κ1) is 17.6. The van der Waals surface area contributed by atoms with Crippen molar-refractivity contribution in [1.82, 2.24) is 10.3 Å². The van der Waals surface area contributed by atoms with Crippen molar-refractivity contribution >= 4 is 21.9 Å². The fourth-order valence-corrected chi connectivity index (χ4v) is 2.81. The number of rotatable bonds is 5. The second-order valence-electron chi connectivity index (χ2n) is 5.21. The van der Waals surface area contributed by atoms with E-state index in [1.807, 2.05) is 11.8 Å². The molecule has 0 unspecified atom stereocenters. The van der Waals surface area contributed by atoms with Crippen LogP contribution in [0, 0.1) is 13.8 Å². The van der Waals surface area contributed by atoms with Gasteiger partial charge in [0.25, 0.3) is 15.9 Å². The lowest BCUT2D eigenvalue weighted by Crippen LogP contribution is -2.41. The topological polar surface area (TPSA) is 113 Å².